The van der Waals surface area contributed by atoms with Gasteiger partial charge in [0.05, 0.1) is 16.8 Å². The molecule has 1 aliphatic rings. The van der Waals surface area contributed by atoms with Gasteiger partial charge in [-0.15, -0.1) is 0 Å². The fourth-order valence-corrected chi connectivity index (χ4v) is 4.34. The molecule has 8 heteroatoms. The topological polar surface area (TPSA) is 97.5 Å². The molecule has 0 saturated carbocycles. The van der Waals surface area contributed by atoms with E-state index in [1.807, 2.05) is 0 Å². The Balaban J connectivity index is 2.88. The summed E-state index contributed by atoms with van der Waals surface area (Å²) in [6.07, 6.45) is 0. The second kappa shape index (κ2) is 4.36. The average molecular weight is 256 g/mol. The van der Waals surface area contributed by atoms with Gasteiger partial charge in [-0.3, -0.25) is 0 Å². The molecule has 1 aliphatic heterocycles. The summed E-state index contributed by atoms with van der Waals surface area (Å²) < 4.78 is 47.2. The van der Waals surface area contributed by atoms with Crippen LogP contribution in [-0.4, -0.2) is 57.5 Å². The van der Waals surface area contributed by atoms with Crippen molar-refractivity contribution in [2.75, 3.05) is 31.1 Å². The zero-order valence-corrected chi connectivity index (χ0v) is 10.2. The zero-order valence-electron chi connectivity index (χ0n) is 8.59. The molecular weight excluding hydrogens is 240 g/mol. The Morgan fingerprint density at radius 1 is 1.47 bits per heavy atom. The lowest BCUT2D eigenvalue weighted by molar-refractivity contribution is 0.403. The SMILES string of the molecule is CCS(=O)(=O)N1CCS(=O)(=O)C(CN)C1. The summed E-state index contributed by atoms with van der Waals surface area (Å²) in [4.78, 5) is 0. The molecule has 0 bridgehead atoms. The molecule has 2 N–H and O–H groups in total. The minimum Gasteiger partial charge on any atom is -0.329 e. The first-order valence-corrected chi connectivity index (χ1v) is 8.05. The van der Waals surface area contributed by atoms with E-state index in [4.69, 9.17) is 5.73 Å². The summed E-state index contributed by atoms with van der Waals surface area (Å²) >= 11 is 0. The van der Waals surface area contributed by atoms with E-state index in [2.05, 4.69) is 0 Å². The van der Waals surface area contributed by atoms with Gasteiger partial charge >= 0.3 is 0 Å². The molecule has 0 aromatic rings. The molecule has 0 aromatic heterocycles. The number of rotatable bonds is 3. The fourth-order valence-electron chi connectivity index (χ4n) is 1.48. The van der Waals surface area contributed by atoms with Gasteiger partial charge in [0, 0.05) is 19.6 Å². The van der Waals surface area contributed by atoms with Crippen LogP contribution in [0.3, 0.4) is 0 Å². The van der Waals surface area contributed by atoms with Crippen LogP contribution in [0.25, 0.3) is 0 Å². The smallest absolute Gasteiger partial charge is 0.213 e. The van der Waals surface area contributed by atoms with Crippen LogP contribution < -0.4 is 5.73 Å². The van der Waals surface area contributed by atoms with Crippen molar-refractivity contribution in [3.8, 4) is 0 Å². The van der Waals surface area contributed by atoms with Crippen LogP contribution in [0.15, 0.2) is 0 Å². The maximum atomic E-state index is 11.5. The zero-order chi connectivity index (χ0) is 11.7. The summed E-state index contributed by atoms with van der Waals surface area (Å²) in [5.74, 6) is -0.140. The number of sulfonamides is 1. The second-order valence-corrected chi connectivity index (χ2v) is 8.14. The van der Waals surface area contributed by atoms with Crippen LogP contribution in [-0.2, 0) is 19.9 Å². The molecular formula is C7H16N2O4S2. The molecule has 0 radical (unpaired) electrons. The van der Waals surface area contributed by atoms with Gasteiger partial charge in [-0.1, -0.05) is 0 Å². The van der Waals surface area contributed by atoms with Gasteiger partial charge in [0.1, 0.15) is 0 Å². The first kappa shape index (κ1) is 12.9. The van der Waals surface area contributed by atoms with Gasteiger partial charge < -0.3 is 5.73 Å². The van der Waals surface area contributed by atoms with E-state index in [0.29, 0.717) is 0 Å². The Labute approximate surface area is 90.4 Å². The van der Waals surface area contributed by atoms with E-state index in [-0.39, 0.29) is 31.1 Å². The lowest BCUT2D eigenvalue weighted by atomic mass is 10.4. The summed E-state index contributed by atoms with van der Waals surface area (Å²) in [5.41, 5.74) is 5.33. The van der Waals surface area contributed by atoms with Crippen molar-refractivity contribution in [1.29, 1.82) is 0 Å². The molecule has 1 saturated heterocycles. The molecule has 1 fully saturated rings. The normalized spacial score (nSPS) is 27.7. The molecule has 90 valence electrons. The van der Waals surface area contributed by atoms with E-state index in [1.54, 1.807) is 0 Å². The minimum absolute atomic E-state index is 0.00495. The van der Waals surface area contributed by atoms with Crippen LogP contribution in [0.4, 0.5) is 0 Å². The van der Waals surface area contributed by atoms with Gasteiger partial charge in [0.15, 0.2) is 9.84 Å². The van der Waals surface area contributed by atoms with Crippen molar-refractivity contribution >= 4 is 19.9 Å². The molecule has 6 nitrogen and oxygen atoms in total. The van der Waals surface area contributed by atoms with Gasteiger partial charge in [0.2, 0.25) is 10.0 Å². The van der Waals surface area contributed by atoms with E-state index in [9.17, 15) is 16.8 Å². The summed E-state index contributed by atoms with van der Waals surface area (Å²) in [7, 11) is -6.51. The first-order valence-electron chi connectivity index (χ1n) is 4.73. The van der Waals surface area contributed by atoms with Crippen LogP contribution in [0.2, 0.25) is 0 Å². The van der Waals surface area contributed by atoms with Crippen molar-refractivity contribution in [3.63, 3.8) is 0 Å². The number of hydrogen-bond donors (Lipinski definition) is 1. The lowest BCUT2D eigenvalue weighted by Gasteiger charge is -2.30. The highest BCUT2D eigenvalue weighted by Crippen LogP contribution is 2.15. The second-order valence-electron chi connectivity index (χ2n) is 3.48. The lowest BCUT2D eigenvalue weighted by Crippen LogP contribution is -2.52. The Bertz CT molecular complexity index is 414. The Morgan fingerprint density at radius 2 is 2.07 bits per heavy atom. The highest BCUT2D eigenvalue weighted by molar-refractivity contribution is 7.92. The molecule has 1 rings (SSSR count). The van der Waals surface area contributed by atoms with Gasteiger partial charge in [-0.25, -0.2) is 16.8 Å². The van der Waals surface area contributed by atoms with Crippen molar-refractivity contribution < 1.29 is 16.8 Å². The third-order valence-electron chi connectivity index (χ3n) is 2.56. The average Bonchev–Trinajstić information content (AvgIpc) is 2.17. The molecule has 15 heavy (non-hydrogen) atoms. The maximum Gasteiger partial charge on any atom is 0.213 e. The van der Waals surface area contributed by atoms with Crippen molar-refractivity contribution in [1.82, 2.24) is 4.31 Å². The van der Waals surface area contributed by atoms with Crippen LogP contribution in [0, 0.1) is 0 Å². The number of nitrogens with zero attached hydrogens (tertiary/aromatic N) is 1. The van der Waals surface area contributed by atoms with E-state index in [1.165, 1.54) is 11.2 Å². The van der Waals surface area contributed by atoms with Gasteiger partial charge in [-0.2, -0.15) is 4.31 Å². The largest absolute Gasteiger partial charge is 0.329 e. The third kappa shape index (κ3) is 2.68. The van der Waals surface area contributed by atoms with Crippen LogP contribution in [0.1, 0.15) is 6.92 Å². The summed E-state index contributed by atoms with van der Waals surface area (Å²) in [6, 6.07) is 0. The number of nitrogens with two attached hydrogens (primary N) is 1. The quantitative estimate of drug-likeness (QED) is 0.655. The number of hydrogen-bond acceptors (Lipinski definition) is 5. The molecule has 0 aromatic carbocycles. The van der Waals surface area contributed by atoms with Gasteiger partial charge in [-0.05, 0) is 6.92 Å². The van der Waals surface area contributed by atoms with Crippen molar-refractivity contribution in [2.45, 2.75) is 12.2 Å². The monoisotopic (exact) mass is 256 g/mol. The Hall–Kier alpha value is -0.180. The van der Waals surface area contributed by atoms with Gasteiger partial charge in [0.25, 0.3) is 0 Å². The molecule has 0 amide bonds. The van der Waals surface area contributed by atoms with Crippen LogP contribution in [0.5, 0.6) is 0 Å². The molecule has 0 aliphatic carbocycles. The van der Waals surface area contributed by atoms with E-state index >= 15 is 0 Å². The van der Waals surface area contributed by atoms with Crippen molar-refractivity contribution in [3.05, 3.63) is 0 Å². The Kier molecular flexibility index (Phi) is 3.75. The molecule has 1 atom stereocenters. The minimum atomic E-state index is -3.30. The highest BCUT2D eigenvalue weighted by Gasteiger charge is 2.36. The molecule has 1 heterocycles. The third-order valence-corrected chi connectivity index (χ3v) is 6.52. The van der Waals surface area contributed by atoms with E-state index < -0.39 is 25.1 Å². The summed E-state index contributed by atoms with van der Waals surface area (Å²) in [5, 5.41) is -0.757. The standard InChI is InChI=1S/C7H16N2O4S2/c1-2-15(12,13)9-3-4-14(10,11)7(5-8)6-9/h7H,2-6,8H2,1H3. The maximum absolute atomic E-state index is 11.5. The molecule has 1 unspecified atom stereocenters. The van der Waals surface area contributed by atoms with E-state index in [0.717, 1.165) is 0 Å². The van der Waals surface area contributed by atoms with Crippen molar-refractivity contribution in [2.24, 2.45) is 5.73 Å². The van der Waals surface area contributed by atoms with Crippen LogP contribution >= 0.6 is 0 Å². The first-order chi connectivity index (χ1) is 6.83. The molecule has 0 spiro atoms. The number of sulfone groups is 1. The summed E-state index contributed by atoms with van der Waals surface area (Å²) in [6.45, 7) is 1.55. The predicted octanol–water partition coefficient (Wildman–Crippen LogP) is -1.61. The highest BCUT2D eigenvalue weighted by atomic mass is 32.2. The fraction of sp³-hybridized carbons (Fsp3) is 1.00. The Morgan fingerprint density at radius 3 is 2.53 bits per heavy atom. The predicted molar refractivity (Wildman–Crippen MR) is 57.7 cm³/mol.